The third-order valence-electron chi connectivity index (χ3n) is 3.86. The Balaban J connectivity index is 0.00000243. The molecule has 0 unspecified atom stereocenters. The molecule has 2 N–H and O–H groups in total. The average molecular weight is 481 g/mol. The van der Waals surface area contributed by atoms with Crippen molar-refractivity contribution in [3.8, 4) is 0 Å². The van der Waals surface area contributed by atoms with E-state index in [4.69, 9.17) is 11.6 Å². The molecule has 3 aromatic rings. The van der Waals surface area contributed by atoms with Crippen molar-refractivity contribution in [2.75, 3.05) is 6.54 Å². The highest BCUT2D eigenvalue weighted by molar-refractivity contribution is 14.0. The normalized spacial score (nSPS) is 11.1. The van der Waals surface area contributed by atoms with Gasteiger partial charge >= 0.3 is 0 Å². The van der Waals surface area contributed by atoms with Crippen LogP contribution in [-0.2, 0) is 13.1 Å². The molecule has 0 spiro atoms. The predicted octanol–water partition coefficient (Wildman–Crippen LogP) is 4.76. The number of nitrogens with one attached hydrogen (secondary N) is 2. The van der Waals surface area contributed by atoms with Gasteiger partial charge in [-0.3, -0.25) is 4.98 Å². The Bertz CT molecular complexity index is 860. The molecule has 26 heavy (non-hydrogen) atoms. The molecule has 0 aliphatic carbocycles. The highest BCUT2D eigenvalue weighted by Crippen LogP contribution is 2.15. The zero-order valence-corrected chi connectivity index (χ0v) is 17.7. The maximum absolute atomic E-state index is 5.92. The SMILES string of the molecule is CCNC(=NCc1ccc(Cl)cc1)NCc1ccnc2ccccc12.I. The summed E-state index contributed by atoms with van der Waals surface area (Å²) in [6.45, 7) is 4.16. The van der Waals surface area contributed by atoms with E-state index in [9.17, 15) is 0 Å². The van der Waals surface area contributed by atoms with Crippen LogP contribution in [0.5, 0.6) is 0 Å². The number of aromatic nitrogens is 1. The molecule has 3 rings (SSSR count). The average Bonchev–Trinajstić information content (AvgIpc) is 2.65. The number of hydrogen-bond acceptors (Lipinski definition) is 2. The zero-order valence-electron chi connectivity index (χ0n) is 14.6. The van der Waals surface area contributed by atoms with Crippen LogP contribution in [0.2, 0.25) is 5.02 Å². The third-order valence-corrected chi connectivity index (χ3v) is 4.11. The second kappa shape index (κ2) is 10.3. The third kappa shape index (κ3) is 5.57. The number of aliphatic imine (C=N–C) groups is 1. The highest BCUT2D eigenvalue weighted by Gasteiger charge is 2.03. The summed E-state index contributed by atoms with van der Waals surface area (Å²) in [5.41, 5.74) is 3.32. The molecule has 0 bridgehead atoms. The molecule has 0 saturated heterocycles. The number of rotatable bonds is 5. The molecular formula is C20H22ClIN4. The van der Waals surface area contributed by atoms with Gasteiger partial charge in [0, 0.05) is 29.7 Å². The number of hydrogen-bond donors (Lipinski definition) is 2. The number of guanidine groups is 1. The zero-order chi connectivity index (χ0) is 17.5. The van der Waals surface area contributed by atoms with Crippen molar-refractivity contribution >= 4 is 52.4 Å². The number of nitrogens with zero attached hydrogens (tertiary/aromatic N) is 2. The molecule has 0 radical (unpaired) electrons. The monoisotopic (exact) mass is 480 g/mol. The van der Waals surface area contributed by atoms with Gasteiger partial charge in [-0.25, -0.2) is 4.99 Å². The van der Waals surface area contributed by atoms with Crippen LogP contribution in [-0.4, -0.2) is 17.5 Å². The Morgan fingerprint density at radius 2 is 1.81 bits per heavy atom. The van der Waals surface area contributed by atoms with Gasteiger partial charge in [-0.15, -0.1) is 24.0 Å². The van der Waals surface area contributed by atoms with Crippen molar-refractivity contribution < 1.29 is 0 Å². The fourth-order valence-corrected chi connectivity index (χ4v) is 2.72. The maximum atomic E-state index is 5.92. The minimum Gasteiger partial charge on any atom is -0.357 e. The Hall–Kier alpha value is -1.86. The number of benzene rings is 2. The van der Waals surface area contributed by atoms with Gasteiger partial charge in [0.2, 0.25) is 0 Å². The first-order chi connectivity index (χ1) is 12.3. The van der Waals surface area contributed by atoms with Crippen molar-refractivity contribution in [2.24, 2.45) is 4.99 Å². The van der Waals surface area contributed by atoms with Crippen molar-refractivity contribution in [3.63, 3.8) is 0 Å². The summed E-state index contributed by atoms with van der Waals surface area (Å²) in [7, 11) is 0. The van der Waals surface area contributed by atoms with Crippen LogP contribution >= 0.6 is 35.6 Å². The quantitative estimate of drug-likeness (QED) is 0.314. The molecule has 4 nitrogen and oxygen atoms in total. The summed E-state index contributed by atoms with van der Waals surface area (Å²) in [6, 6.07) is 18.0. The summed E-state index contributed by atoms with van der Waals surface area (Å²) in [5, 5.41) is 8.57. The van der Waals surface area contributed by atoms with Crippen LogP contribution < -0.4 is 10.6 Å². The molecule has 136 valence electrons. The lowest BCUT2D eigenvalue weighted by Gasteiger charge is -2.12. The van der Waals surface area contributed by atoms with E-state index in [-0.39, 0.29) is 24.0 Å². The van der Waals surface area contributed by atoms with Crippen molar-refractivity contribution in [2.45, 2.75) is 20.0 Å². The van der Waals surface area contributed by atoms with Gasteiger partial charge in [-0.2, -0.15) is 0 Å². The molecule has 0 fully saturated rings. The molecule has 0 saturated carbocycles. The van der Waals surface area contributed by atoms with Gasteiger partial charge in [-0.1, -0.05) is 41.9 Å². The first-order valence-electron chi connectivity index (χ1n) is 8.35. The predicted molar refractivity (Wildman–Crippen MR) is 120 cm³/mol. The lowest BCUT2D eigenvalue weighted by Crippen LogP contribution is -2.36. The standard InChI is InChI=1S/C20H21ClN4.HI/c1-2-22-20(24-13-15-7-9-17(21)10-8-15)25-14-16-11-12-23-19-6-4-3-5-18(16)19;/h3-12H,2,13-14H2,1H3,(H2,22,24,25);1H. The largest absolute Gasteiger partial charge is 0.357 e. The Morgan fingerprint density at radius 1 is 1.04 bits per heavy atom. The van der Waals surface area contributed by atoms with Gasteiger partial charge in [0.1, 0.15) is 0 Å². The lowest BCUT2D eigenvalue weighted by molar-refractivity contribution is 0.819. The molecule has 6 heteroatoms. The fraction of sp³-hybridized carbons (Fsp3) is 0.200. The van der Waals surface area contributed by atoms with Crippen molar-refractivity contribution in [3.05, 3.63) is 76.9 Å². The van der Waals surface area contributed by atoms with E-state index in [2.05, 4.69) is 33.6 Å². The smallest absolute Gasteiger partial charge is 0.191 e. The van der Waals surface area contributed by atoms with Crippen LogP contribution in [0.15, 0.2) is 65.8 Å². The highest BCUT2D eigenvalue weighted by atomic mass is 127. The summed E-state index contributed by atoms with van der Waals surface area (Å²) >= 11 is 5.92. The molecule has 1 aromatic heterocycles. The minimum absolute atomic E-state index is 0. The van der Waals surface area contributed by atoms with E-state index in [0.29, 0.717) is 13.1 Å². The number of pyridine rings is 1. The Labute approximate surface area is 176 Å². The first kappa shape index (κ1) is 20.5. The molecule has 0 atom stereocenters. The summed E-state index contributed by atoms with van der Waals surface area (Å²) in [6.07, 6.45) is 1.84. The van der Waals surface area contributed by atoms with Gasteiger partial charge in [0.15, 0.2) is 5.96 Å². The van der Waals surface area contributed by atoms with E-state index in [1.165, 1.54) is 5.56 Å². The van der Waals surface area contributed by atoms with Gasteiger partial charge in [0.05, 0.1) is 12.1 Å². The van der Waals surface area contributed by atoms with Crippen LogP contribution in [0.25, 0.3) is 10.9 Å². The number of para-hydroxylation sites is 1. The number of halogens is 2. The number of fused-ring (bicyclic) bond motifs is 1. The maximum Gasteiger partial charge on any atom is 0.191 e. The summed E-state index contributed by atoms with van der Waals surface area (Å²) in [4.78, 5) is 9.05. The first-order valence-corrected chi connectivity index (χ1v) is 8.73. The molecule has 0 aliphatic rings. The van der Waals surface area contributed by atoms with E-state index >= 15 is 0 Å². The lowest BCUT2D eigenvalue weighted by atomic mass is 10.1. The van der Waals surface area contributed by atoms with Crippen molar-refractivity contribution in [1.82, 2.24) is 15.6 Å². The molecule has 0 aliphatic heterocycles. The topological polar surface area (TPSA) is 49.3 Å². The Morgan fingerprint density at radius 3 is 2.58 bits per heavy atom. The fourth-order valence-electron chi connectivity index (χ4n) is 2.59. The summed E-state index contributed by atoms with van der Waals surface area (Å²) < 4.78 is 0. The van der Waals surface area contributed by atoms with Gasteiger partial charge in [-0.05, 0) is 42.3 Å². The second-order valence-corrected chi connectivity index (χ2v) is 6.10. The Kier molecular flexibility index (Phi) is 8.12. The minimum atomic E-state index is 0. The van der Waals surface area contributed by atoms with Gasteiger partial charge in [0.25, 0.3) is 0 Å². The van der Waals surface area contributed by atoms with Crippen LogP contribution in [0.4, 0.5) is 0 Å². The molecule has 1 heterocycles. The van der Waals surface area contributed by atoms with E-state index in [0.717, 1.165) is 34.0 Å². The van der Waals surface area contributed by atoms with E-state index < -0.39 is 0 Å². The van der Waals surface area contributed by atoms with Crippen LogP contribution in [0.3, 0.4) is 0 Å². The summed E-state index contributed by atoms with van der Waals surface area (Å²) in [5.74, 6) is 0.790. The van der Waals surface area contributed by atoms with Crippen LogP contribution in [0, 0.1) is 0 Å². The molecule has 2 aromatic carbocycles. The molecule has 0 amide bonds. The second-order valence-electron chi connectivity index (χ2n) is 5.66. The van der Waals surface area contributed by atoms with Crippen LogP contribution in [0.1, 0.15) is 18.1 Å². The van der Waals surface area contributed by atoms with E-state index in [1.807, 2.05) is 54.7 Å². The van der Waals surface area contributed by atoms with E-state index in [1.54, 1.807) is 0 Å². The van der Waals surface area contributed by atoms with Crippen molar-refractivity contribution in [1.29, 1.82) is 0 Å². The molecular weight excluding hydrogens is 459 g/mol. The van der Waals surface area contributed by atoms with Gasteiger partial charge < -0.3 is 10.6 Å².